The quantitative estimate of drug-likeness (QED) is 0.463. The summed E-state index contributed by atoms with van der Waals surface area (Å²) in [5.74, 6) is -2.40. The summed E-state index contributed by atoms with van der Waals surface area (Å²) < 4.78 is 59.0. The zero-order valence-corrected chi connectivity index (χ0v) is 20.2. The van der Waals surface area contributed by atoms with E-state index in [9.17, 15) is 26.8 Å². The number of esters is 1. The average molecular weight is 517 g/mol. The van der Waals surface area contributed by atoms with Gasteiger partial charge in [0.15, 0.2) is 21.0 Å². The molecule has 0 spiro atoms. The largest absolute Gasteiger partial charge is 0.466 e. The van der Waals surface area contributed by atoms with Gasteiger partial charge in [0.2, 0.25) is 0 Å². The fourth-order valence-electron chi connectivity index (χ4n) is 3.60. The molecule has 13 heteroatoms. The molecule has 34 heavy (non-hydrogen) atoms. The summed E-state index contributed by atoms with van der Waals surface area (Å²) in [5.41, 5.74) is 0.188. The minimum absolute atomic E-state index is 0.0229. The molecule has 0 saturated heterocycles. The topological polar surface area (TPSA) is 118 Å². The number of benzene rings is 1. The van der Waals surface area contributed by atoms with Gasteiger partial charge in [0, 0.05) is 24.8 Å². The standard InChI is InChI=1S/C21H26F2N4O5S2/c1-2-32-18(28)9-10-25-34(30,31)19-12-24-20(33-19)26-21(29)27(13-14-5-3-4-6-14)15-7-8-16(22)17(23)11-15/h7-8,11-12,14,25H,2-6,9-10,13H2,1H3,(H,24,26,29). The van der Waals surface area contributed by atoms with Crippen LogP contribution in [0, 0.1) is 17.6 Å². The Labute approximate surface area is 200 Å². The molecule has 0 radical (unpaired) electrons. The van der Waals surface area contributed by atoms with Gasteiger partial charge in [0.1, 0.15) is 0 Å². The van der Waals surface area contributed by atoms with Crippen molar-refractivity contribution in [2.75, 3.05) is 29.9 Å². The number of carbonyl (C=O) groups is 2. The van der Waals surface area contributed by atoms with Crippen molar-refractivity contribution in [1.29, 1.82) is 0 Å². The van der Waals surface area contributed by atoms with E-state index in [1.807, 2.05) is 0 Å². The van der Waals surface area contributed by atoms with Crippen molar-refractivity contribution in [1.82, 2.24) is 9.71 Å². The van der Waals surface area contributed by atoms with Crippen molar-refractivity contribution < 1.29 is 31.5 Å². The number of nitrogens with one attached hydrogen (secondary N) is 2. The zero-order chi connectivity index (χ0) is 24.7. The fraction of sp³-hybridized carbons (Fsp3) is 0.476. The van der Waals surface area contributed by atoms with Crippen LogP contribution in [0.2, 0.25) is 0 Å². The highest BCUT2D eigenvalue weighted by atomic mass is 32.2. The van der Waals surface area contributed by atoms with Gasteiger partial charge < -0.3 is 4.74 Å². The number of rotatable bonds is 10. The van der Waals surface area contributed by atoms with Crippen molar-refractivity contribution in [3.63, 3.8) is 0 Å². The van der Waals surface area contributed by atoms with E-state index in [2.05, 4.69) is 15.0 Å². The molecule has 2 N–H and O–H groups in total. The fourth-order valence-corrected chi connectivity index (χ4v) is 5.70. The molecule has 1 saturated carbocycles. The van der Waals surface area contributed by atoms with Crippen LogP contribution in [0.1, 0.15) is 39.0 Å². The van der Waals surface area contributed by atoms with E-state index in [1.165, 1.54) is 11.0 Å². The number of ether oxygens (including phenoxy) is 1. The molecule has 1 aromatic carbocycles. The lowest BCUT2D eigenvalue weighted by atomic mass is 10.1. The molecule has 0 bridgehead atoms. The third-order valence-corrected chi connectivity index (χ3v) is 8.10. The highest BCUT2D eigenvalue weighted by Crippen LogP contribution is 2.29. The van der Waals surface area contributed by atoms with Gasteiger partial charge in [0.05, 0.1) is 19.2 Å². The summed E-state index contributed by atoms with van der Waals surface area (Å²) in [6, 6.07) is 2.59. The Morgan fingerprint density at radius 3 is 2.65 bits per heavy atom. The number of halogens is 2. The first-order valence-electron chi connectivity index (χ1n) is 10.8. The molecule has 3 rings (SSSR count). The molecule has 0 unspecified atom stereocenters. The van der Waals surface area contributed by atoms with Crippen LogP contribution in [0.5, 0.6) is 0 Å². The monoisotopic (exact) mass is 516 g/mol. The number of nitrogens with zero attached hydrogens (tertiary/aromatic N) is 2. The second kappa shape index (κ2) is 11.7. The van der Waals surface area contributed by atoms with Gasteiger partial charge in [-0.25, -0.2) is 31.7 Å². The van der Waals surface area contributed by atoms with Crippen LogP contribution in [0.4, 0.5) is 24.4 Å². The van der Waals surface area contributed by atoms with E-state index >= 15 is 0 Å². The summed E-state index contributed by atoms with van der Waals surface area (Å²) in [6.07, 6.45) is 4.88. The number of sulfonamides is 1. The number of hydrogen-bond donors (Lipinski definition) is 2. The van der Waals surface area contributed by atoms with E-state index in [1.54, 1.807) is 6.92 Å². The molecule has 0 atom stereocenters. The van der Waals surface area contributed by atoms with Crippen molar-refractivity contribution in [3.8, 4) is 0 Å². The molecular formula is C21H26F2N4O5S2. The van der Waals surface area contributed by atoms with E-state index < -0.39 is 33.7 Å². The second-order valence-electron chi connectivity index (χ2n) is 7.73. The molecule has 1 heterocycles. The molecule has 1 aromatic heterocycles. The van der Waals surface area contributed by atoms with Gasteiger partial charge in [0.25, 0.3) is 10.0 Å². The van der Waals surface area contributed by atoms with Gasteiger partial charge in [-0.05, 0) is 37.8 Å². The minimum Gasteiger partial charge on any atom is -0.466 e. The van der Waals surface area contributed by atoms with E-state index in [0.717, 1.165) is 55.3 Å². The van der Waals surface area contributed by atoms with Crippen LogP contribution >= 0.6 is 11.3 Å². The maximum absolute atomic E-state index is 13.8. The number of thiazole rings is 1. The van der Waals surface area contributed by atoms with Gasteiger partial charge in [-0.2, -0.15) is 0 Å². The minimum atomic E-state index is -3.95. The maximum atomic E-state index is 13.8. The predicted molar refractivity (Wildman–Crippen MR) is 123 cm³/mol. The zero-order valence-electron chi connectivity index (χ0n) is 18.6. The van der Waals surface area contributed by atoms with Crippen LogP contribution in [-0.2, 0) is 19.6 Å². The first-order valence-corrected chi connectivity index (χ1v) is 13.1. The van der Waals surface area contributed by atoms with Crippen molar-refractivity contribution in [2.24, 2.45) is 5.92 Å². The highest BCUT2D eigenvalue weighted by molar-refractivity contribution is 7.91. The Hall–Kier alpha value is -2.64. The Morgan fingerprint density at radius 1 is 1.24 bits per heavy atom. The van der Waals surface area contributed by atoms with Gasteiger partial charge in [-0.1, -0.05) is 24.2 Å². The SMILES string of the molecule is CCOC(=O)CCNS(=O)(=O)c1cnc(NC(=O)N(CC2CCCC2)c2ccc(F)c(F)c2)s1. The first kappa shape index (κ1) is 26.0. The number of aromatic nitrogens is 1. The van der Waals surface area contributed by atoms with E-state index in [-0.39, 0.29) is 40.5 Å². The normalized spacial score (nSPS) is 14.2. The Morgan fingerprint density at radius 2 is 1.97 bits per heavy atom. The lowest BCUT2D eigenvalue weighted by Gasteiger charge is -2.25. The van der Waals surface area contributed by atoms with Crippen molar-refractivity contribution in [2.45, 2.75) is 43.2 Å². The number of anilines is 2. The molecule has 0 aliphatic heterocycles. The number of hydrogen-bond acceptors (Lipinski definition) is 7. The summed E-state index contributed by atoms with van der Waals surface area (Å²) in [6.45, 7) is 2.01. The molecule has 186 valence electrons. The Kier molecular flexibility index (Phi) is 8.91. The molecular weight excluding hydrogens is 490 g/mol. The third kappa shape index (κ3) is 6.93. The predicted octanol–water partition coefficient (Wildman–Crippen LogP) is 3.88. The number of carbonyl (C=O) groups excluding carboxylic acids is 2. The first-order chi connectivity index (χ1) is 16.2. The van der Waals surface area contributed by atoms with Crippen LogP contribution in [0.15, 0.2) is 28.6 Å². The maximum Gasteiger partial charge on any atom is 0.328 e. The van der Waals surface area contributed by atoms with E-state index in [4.69, 9.17) is 4.74 Å². The summed E-state index contributed by atoms with van der Waals surface area (Å²) in [7, 11) is -3.95. The average Bonchev–Trinajstić information content (AvgIpc) is 3.46. The molecule has 1 aliphatic carbocycles. The van der Waals surface area contributed by atoms with Crippen LogP contribution < -0.4 is 14.9 Å². The lowest BCUT2D eigenvalue weighted by molar-refractivity contribution is -0.142. The number of urea groups is 1. The summed E-state index contributed by atoms with van der Waals surface area (Å²) in [5, 5.41) is 2.57. The molecule has 1 fully saturated rings. The van der Waals surface area contributed by atoms with Gasteiger partial charge in [-0.15, -0.1) is 0 Å². The van der Waals surface area contributed by atoms with Gasteiger partial charge in [-0.3, -0.25) is 15.0 Å². The number of amides is 2. The Balaban J connectivity index is 1.69. The van der Waals surface area contributed by atoms with E-state index in [0.29, 0.717) is 6.54 Å². The third-order valence-electron chi connectivity index (χ3n) is 5.27. The van der Waals surface area contributed by atoms with Crippen molar-refractivity contribution in [3.05, 3.63) is 36.0 Å². The van der Waals surface area contributed by atoms with Crippen molar-refractivity contribution >= 4 is 44.2 Å². The van der Waals surface area contributed by atoms with Crippen LogP contribution in [0.25, 0.3) is 0 Å². The smallest absolute Gasteiger partial charge is 0.328 e. The molecule has 1 aliphatic rings. The highest BCUT2D eigenvalue weighted by Gasteiger charge is 2.26. The molecule has 2 amide bonds. The lowest BCUT2D eigenvalue weighted by Crippen LogP contribution is -2.38. The second-order valence-corrected chi connectivity index (χ2v) is 10.8. The molecule has 9 nitrogen and oxygen atoms in total. The summed E-state index contributed by atoms with van der Waals surface area (Å²) >= 11 is 0.728. The van der Waals surface area contributed by atoms with Gasteiger partial charge >= 0.3 is 12.0 Å². The van der Waals surface area contributed by atoms with Crippen LogP contribution in [0.3, 0.4) is 0 Å². The Bertz CT molecular complexity index is 1120. The molecule has 2 aromatic rings. The van der Waals surface area contributed by atoms with Crippen LogP contribution in [-0.4, -0.2) is 45.1 Å². The summed E-state index contributed by atoms with van der Waals surface area (Å²) in [4.78, 5) is 29.6.